The molecule has 0 saturated carbocycles. The Balaban J connectivity index is 0.000000480. The molecule has 0 N–H and O–H groups in total. The summed E-state index contributed by atoms with van der Waals surface area (Å²) in [5.74, 6) is 1.34. The molecule has 2 aromatic rings. The van der Waals surface area contributed by atoms with Crippen LogP contribution in [0.4, 0.5) is 0 Å². The van der Waals surface area contributed by atoms with Crippen molar-refractivity contribution < 1.29 is 9.47 Å². The summed E-state index contributed by atoms with van der Waals surface area (Å²) in [6, 6.07) is 13.1. The molecule has 21 heavy (non-hydrogen) atoms. The lowest BCUT2D eigenvalue weighted by molar-refractivity contribution is 0.355. The number of rotatable bonds is 3. The van der Waals surface area contributed by atoms with Gasteiger partial charge in [-0.25, -0.2) is 0 Å². The zero-order valence-corrected chi connectivity index (χ0v) is 12.7. The maximum Gasteiger partial charge on any atom is 0.161 e. The highest BCUT2D eigenvalue weighted by Gasteiger charge is 2.01. The first-order chi connectivity index (χ1) is 9.81. The Morgan fingerprint density at radius 3 is 2.14 bits per heavy atom. The third-order valence-electron chi connectivity index (χ3n) is 2.32. The number of nitriles is 1. The Bertz CT molecular complexity index is 554. The number of methoxy groups -OCH3 is 2. The Morgan fingerprint density at radius 2 is 1.71 bits per heavy atom. The monoisotopic (exact) mass is 304 g/mol. The lowest BCUT2D eigenvalue weighted by Crippen LogP contribution is -1.90. The van der Waals surface area contributed by atoms with Crippen LogP contribution in [0.1, 0.15) is 5.56 Å². The summed E-state index contributed by atoms with van der Waals surface area (Å²) in [6.07, 6.45) is 6.63. The SMILES string of the molecule is COc1ccc(C=CC#N)cc1OC.Cl.c1ccncc1. The highest BCUT2D eigenvalue weighted by molar-refractivity contribution is 5.85. The maximum atomic E-state index is 8.36. The molecule has 0 bridgehead atoms. The molecule has 0 unspecified atom stereocenters. The van der Waals surface area contributed by atoms with E-state index in [0.29, 0.717) is 11.5 Å². The van der Waals surface area contributed by atoms with E-state index in [1.807, 2.05) is 36.4 Å². The lowest BCUT2D eigenvalue weighted by atomic mass is 10.2. The van der Waals surface area contributed by atoms with Crippen molar-refractivity contribution in [2.75, 3.05) is 14.2 Å². The molecule has 0 aliphatic rings. The van der Waals surface area contributed by atoms with Gasteiger partial charge in [0.05, 0.1) is 20.3 Å². The second-order valence-corrected chi connectivity index (χ2v) is 3.60. The van der Waals surface area contributed by atoms with Gasteiger partial charge in [0.2, 0.25) is 0 Å². The van der Waals surface area contributed by atoms with Gasteiger partial charge >= 0.3 is 0 Å². The van der Waals surface area contributed by atoms with Crippen LogP contribution in [-0.4, -0.2) is 19.2 Å². The summed E-state index contributed by atoms with van der Waals surface area (Å²) < 4.78 is 10.2. The van der Waals surface area contributed by atoms with Crippen LogP contribution in [0.3, 0.4) is 0 Å². The van der Waals surface area contributed by atoms with Gasteiger partial charge in [-0.3, -0.25) is 4.98 Å². The number of allylic oxidation sites excluding steroid dienone is 1. The van der Waals surface area contributed by atoms with Crippen LogP contribution in [0.2, 0.25) is 0 Å². The molecule has 1 aromatic heterocycles. The number of halogens is 1. The van der Waals surface area contributed by atoms with E-state index in [2.05, 4.69) is 4.98 Å². The molecule has 1 heterocycles. The number of aromatic nitrogens is 1. The van der Waals surface area contributed by atoms with Crippen molar-refractivity contribution in [2.24, 2.45) is 0 Å². The number of hydrogen-bond acceptors (Lipinski definition) is 4. The largest absolute Gasteiger partial charge is 0.493 e. The predicted molar refractivity (Wildman–Crippen MR) is 85.7 cm³/mol. The van der Waals surface area contributed by atoms with E-state index in [-0.39, 0.29) is 12.4 Å². The van der Waals surface area contributed by atoms with Crippen molar-refractivity contribution >= 4 is 18.5 Å². The molecule has 0 saturated heterocycles. The minimum absolute atomic E-state index is 0. The fourth-order valence-electron chi connectivity index (χ4n) is 1.40. The van der Waals surface area contributed by atoms with Gasteiger partial charge in [0, 0.05) is 18.5 Å². The highest BCUT2D eigenvalue weighted by Crippen LogP contribution is 2.27. The van der Waals surface area contributed by atoms with Crippen LogP contribution in [0, 0.1) is 11.3 Å². The van der Waals surface area contributed by atoms with Crippen molar-refractivity contribution in [3.05, 3.63) is 60.4 Å². The molecular weight excluding hydrogens is 288 g/mol. The average molecular weight is 305 g/mol. The van der Waals surface area contributed by atoms with E-state index in [1.54, 1.807) is 38.8 Å². The summed E-state index contributed by atoms with van der Waals surface area (Å²) in [5, 5.41) is 8.36. The Labute approximate surface area is 131 Å². The smallest absolute Gasteiger partial charge is 0.161 e. The van der Waals surface area contributed by atoms with Gasteiger partial charge in [-0.2, -0.15) is 5.26 Å². The predicted octanol–water partition coefficient (Wildman–Crippen LogP) is 3.74. The molecule has 110 valence electrons. The molecule has 2 rings (SSSR count). The van der Waals surface area contributed by atoms with Gasteiger partial charge in [0.1, 0.15) is 0 Å². The van der Waals surface area contributed by atoms with Gasteiger partial charge in [0.15, 0.2) is 11.5 Å². The molecule has 0 radical (unpaired) electrons. The molecular formula is C16H17ClN2O2. The van der Waals surface area contributed by atoms with Gasteiger partial charge in [0.25, 0.3) is 0 Å². The average Bonchev–Trinajstić information content (AvgIpc) is 2.54. The maximum absolute atomic E-state index is 8.36. The molecule has 5 heteroatoms. The molecule has 1 aromatic carbocycles. The van der Waals surface area contributed by atoms with Crippen LogP contribution in [-0.2, 0) is 0 Å². The van der Waals surface area contributed by atoms with Crippen LogP contribution in [0.5, 0.6) is 11.5 Å². The molecule has 0 fully saturated rings. The zero-order valence-electron chi connectivity index (χ0n) is 11.9. The van der Waals surface area contributed by atoms with E-state index in [4.69, 9.17) is 14.7 Å². The quantitative estimate of drug-likeness (QED) is 0.811. The summed E-state index contributed by atoms with van der Waals surface area (Å²) in [7, 11) is 3.16. The molecule has 0 atom stereocenters. The fourth-order valence-corrected chi connectivity index (χ4v) is 1.40. The van der Waals surface area contributed by atoms with Crippen molar-refractivity contribution in [2.45, 2.75) is 0 Å². The number of hydrogen-bond donors (Lipinski definition) is 0. The van der Waals surface area contributed by atoms with Crippen LogP contribution >= 0.6 is 12.4 Å². The molecule has 0 aliphatic heterocycles. The summed E-state index contributed by atoms with van der Waals surface area (Å²) in [5.41, 5.74) is 0.907. The summed E-state index contributed by atoms with van der Waals surface area (Å²) >= 11 is 0. The van der Waals surface area contributed by atoms with E-state index in [1.165, 1.54) is 6.08 Å². The van der Waals surface area contributed by atoms with Crippen LogP contribution in [0.15, 0.2) is 54.9 Å². The summed E-state index contributed by atoms with van der Waals surface area (Å²) in [6.45, 7) is 0. The normalized spacial score (nSPS) is 8.81. The first-order valence-corrected chi connectivity index (χ1v) is 5.95. The number of benzene rings is 1. The zero-order chi connectivity index (χ0) is 14.6. The summed E-state index contributed by atoms with van der Waals surface area (Å²) in [4.78, 5) is 3.78. The standard InChI is InChI=1S/C11H11NO2.C5H5N.ClH/c1-13-10-6-5-9(4-3-7-12)8-11(10)14-2;1-2-4-6-5-3-1;/h3-6,8H,1-2H3;1-5H;1H. The van der Waals surface area contributed by atoms with Crippen molar-refractivity contribution in [3.63, 3.8) is 0 Å². The highest BCUT2D eigenvalue weighted by atomic mass is 35.5. The lowest BCUT2D eigenvalue weighted by Gasteiger charge is -2.07. The van der Waals surface area contributed by atoms with Crippen molar-refractivity contribution in [3.8, 4) is 17.6 Å². The van der Waals surface area contributed by atoms with E-state index in [9.17, 15) is 0 Å². The van der Waals surface area contributed by atoms with E-state index >= 15 is 0 Å². The second-order valence-electron chi connectivity index (χ2n) is 3.60. The third-order valence-corrected chi connectivity index (χ3v) is 2.32. The fraction of sp³-hybridized carbons (Fsp3) is 0.125. The van der Waals surface area contributed by atoms with E-state index < -0.39 is 0 Å². The molecule has 0 amide bonds. The van der Waals surface area contributed by atoms with Gasteiger partial charge in [-0.1, -0.05) is 12.1 Å². The van der Waals surface area contributed by atoms with Crippen molar-refractivity contribution in [1.82, 2.24) is 4.98 Å². The minimum Gasteiger partial charge on any atom is -0.493 e. The second kappa shape index (κ2) is 11.3. The topological polar surface area (TPSA) is 55.1 Å². The van der Waals surface area contributed by atoms with Gasteiger partial charge < -0.3 is 9.47 Å². The van der Waals surface area contributed by atoms with Gasteiger partial charge in [-0.15, -0.1) is 12.4 Å². The van der Waals surface area contributed by atoms with Crippen LogP contribution in [0.25, 0.3) is 6.08 Å². The first kappa shape index (κ1) is 18.5. The van der Waals surface area contributed by atoms with Crippen molar-refractivity contribution in [1.29, 1.82) is 5.26 Å². The molecule has 0 aliphatic carbocycles. The number of pyridine rings is 1. The number of ether oxygens (including phenoxy) is 2. The Morgan fingerprint density at radius 1 is 1.05 bits per heavy atom. The Hall–Kier alpha value is -2.51. The molecule has 4 nitrogen and oxygen atoms in total. The number of nitrogens with zero attached hydrogens (tertiary/aromatic N) is 2. The van der Waals surface area contributed by atoms with E-state index in [0.717, 1.165) is 5.56 Å². The van der Waals surface area contributed by atoms with Crippen LogP contribution < -0.4 is 9.47 Å². The minimum atomic E-state index is 0. The van der Waals surface area contributed by atoms with Gasteiger partial charge in [-0.05, 0) is 35.9 Å². The first-order valence-electron chi connectivity index (χ1n) is 5.95. The Kier molecular flexibility index (Phi) is 9.97. The molecule has 0 spiro atoms. The third kappa shape index (κ3) is 7.00.